The smallest absolute Gasteiger partial charge is 0.147 e. The molecule has 0 N–H and O–H groups in total. The number of rotatable bonds is 3. The third-order valence-corrected chi connectivity index (χ3v) is 9.99. The molecular formula is C28H28N2S2. The topological polar surface area (TPSA) is 15.6 Å². The molecule has 2 fully saturated rings. The Morgan fingerprint density at radius 2 is 1.56 bits per heavy atom. The fourth-order valence-corrected chi connectivity index (χ4v) is 9.35. The molecule has 3 aromatic carbocycles. The molecule has 0 amide bonds. The minimum Gasteiger partial charge on any atom is -0.331 e. The van der Waals surface area contributed by atoms with E-state index in [2.05, 4.69) is 111 Å². The van der Waals surface area contributed by atoms with Gasteiger partial charge in [-0.1, -0.05) is 90.3 Å². The lowest BCUT2D eigenvalue weighted by Gasteiger charge is -2.44. The zero-order valence-electron chi connectivity index (χ0n) is 18.8. The van der Waals surface area contributed by atoms with Crippen LogP contribution in [0.25, 0.3) is 0 Å². The second-order valence-corrected chi connectivity index (χ2v) is 12.8. The van der Waals surface area contributed by atoms with Gasteiger partial charge in [-0.15, -0.1) is 0 Å². The first-order valence-corrected chi connectivity index (χ1v) is 13.0. The first-order valence-electron chi connectivity index (χ1n) is 11.4. The Bertz CT molecular complexity index is 1180. The maximum Gasteiger partial charge on any atom is 0.147 e. The largest absolute Gasteiger partial charge is 0.331 e. The van der Waals surface area contributed by atoms with Crippen LogP contribution in [0.3, 0.4) is 0 Å². The van der Waals surface area contributed by atoms with E-state index in [0.29, 0.717) is 5.92 Å². The molecule has 4 heteroatoms. The predicted octanol–water partition coefficient (Wildman–Crippen LogP) is 7.35. The lowest BCUT2D eigenvalue weighted by molar-refractivity contribution is 0.496. The lowest BCUT2D eigenvalue weighted by Crippen LogP contribution is -2.48. The summed E-state index contributed by atoms with van der Waals surface area (Å²) in [4.78, 5) is 9.47. The SMILES string of the molecule is CC(C)(C)N=C1S[C@]2(Sc3ccccc3)[C@H]3Cc4ccccc4N2[C@@]1(c1ccccc1)C3. The number of aliphatic imine (C=N–C) groups is 1. The van der Waals surface area contributed by atoms with Crippen LogP contribution in [-0.2, 0) is 12.0 Å². The van der Waals surface area contributed by atoms with Crippen molar-refractivity contribution in [2.45, 2.75) is 53.8 Å². The molecule has 3 aliphatic heterocycles. The molecule has 0 aliphatic carbocycles. The fraction of sp³-hybridized carbons (Fsp3) is 0.321. The van der Waals surface area contributed by atoms with E-state index < -0.39 is 0 Å². The molecule has 6 rings (SSSR count). The zero-order valence-corrected chi connectivity index (χ0v) is 20.4. The van der Waals surface area contributed by atoms with Crippen molar-refractivity contribution < 1.29 is 0 Å². The van der Waals surface area contributed by atoms with Crippen molar-refractivity contribution >= 4 is 34.3 Å². The maximum atomic E-state index is 5.38. The summed E-state index contributed by atoms with van der Waals surface area (Å²) in [6.07, 6.45) is 2.23. The van der Waals surface area contributed by atoms with Crippen LogP contribution in [0.2, 0.25) is 0 Å². The quantitative estimate of drug-likeness (QED) is 0.409. The van der Waals surface area contributed by atoms with Gasteiger partial charge in [0.05, 0.1) is 5.54 Å². The van der Waals surface area contributed by atoms with Crippen molar-refractivity contribution in [3.05, 3.63) is 96.1 Å². The molecule has 3 heterocycles. The van der Waals surface area contributed by atoms with E-state index in [4.69, 9.17) is 4.99 Å². The van der Waals surface area contributed by atoms with Gasteiger partial charge in [0, 0.05) is 16.5 Å². The van der Waals surface area contributed by atoms with Crippen LogP contribution in [0, 0.1) is 5.92 Å². The average Bonchev–Trinajstić information content (AvgIpc) is 3.12. The monoisotopic (exact) mass is 456 g/mol. The first-order chi connectivity index (χ1) is 15.4. The Labute approximate surface area is 199 Å². The van der Waals surface area contributed by atoms with Gasteiger partial charge in [-0.05, 0) is 62.9 Å². The summed E-state index contributed by atoms with van der Waals surface area (Å²) in [5, 5.41) is 1.27. The van der Waals surface area contributed by atoms with Crippen LogP contribution >= 0.6 is 23.5 Å². The molecule has 0 spiro atoms. The molecule has 0 aromatic heterocycles. The molecule has 2 nitrogen and oxygen atoms in total. The average molecular weight is 457 g/mol. The number of anilines is 1. The van der Waals surface area contributed by atoms with Crippen LogP contribution < -0.4 is 4.90 Å². The Morgan fingerprint density at radius 1 is 0.906 bits per heavy atom. The molecule has 162 valence electrons. The van der Waals surface area contributed by atoms with Crippen molar-refractivity contribution in [2.75, 3.05) is 4.90 Å². The summed E-state index contributed by atoms with van der Waals surface area (Å²) in [5.41, 5.74) is 3.88. The highest BCUT2D eigenvalue weighted by atomic mass is 32.2. The second-order valence-electron chi connectivity index (χ2n) is 10.0. The first kappa shape index (κ1) is 20.4. The summed E-state index contributed by atoms with van der Waals surface area (Å²) in [7, 11) is 0. The highest BCUT2D eigenvalue weighted by Gasteiger charge is 2.72. The molecular weight excluding hydrogens is 428 g/mol. The van der Waals surface area contributed by atoms with Gasteiger partial charge in [-0.2, -0.15) is 0 Å². The predicted molar refractivity (Wildman–Crippen MR) is 139 cm³/mol. The van der Waals surface area contributed by atoms with Crippen molar-refractivity contribution in [3.63, 3.8) is 0 Å². The molecule has 3 aromatic rings. The van der Waals surface area contributed by atoms with E-state index in [9.17, 15) is 0 Å². The third kappa shape index (κ3) is 2.92. The molecule has 0 saturated carbocycles. The fourth-order valence-electron chi connectivity index (χ4n) is 5.61. The Hall–Kier alpha value is -2.17. The van der Waals surface area contributed by atoms with E-state index in [1.54, 1.807) is 0 Å². The Balaban J connectivity index is 1.63. The molecule has 4 bridgehead atoms. The van der Waals surface area contributed by atoms with Gasteiger partial charge in [0.2, 0.25) is 0 Å². The van der Waals surface area contributed by atoms with Crippen molar-refractivity contribution in [2.24, 2.45) is 10.9 Å². The lowest BCUT2D eigenvalue weighted by atomic mass is 9.84. The summed E-state index contributed by atoms with van der Waals surface area (Å²) in [6.45, 7) is 6.66. The van der Waals surface area contributed by atoms with E-state index in [-0.39, 0.29) is 15.3 Å². The molecule has 0 radical (unpaired) electrons. The Morgan fingerprint density at radius 3 is 2.28 bits per heavy atom. The number of thioether (sulfide) groups is 2. The number of fused-ring (bicyclic) bond motifs is 1. The van der Waals surface area contributed by atoms with Gasteiger partial charge < -0.3 is 4.90 Å². The van der Waals surface area contributed by atoms with Crippen LogP contribution in [0.15, 0.2) is 94.8 Å². The maximum absolute atomic E-state index is 5.38. The van der Waals surface area contributed by atoms with Gasteiger partial charge >= 0.3 is 0 Å². The van der Waals surface area contributed by atoms with Gasteiger partial charge in [-0.25, -0.2) is 0 Å². The van der Waals surface area contributed by atoms with Crippen molar-refractivity contribution in [1.29, 1.82) is 0 Å². The second kappa shape index (κ2) is 7.16. The van der Waals surface area contributed by atoms with Crippen molar-refractivity contribution in [3.8, 4) is 0 Å². The van der Waals surface area contributed by atoms with Gasteiger partial charge in [0.25, 0.3) is 0 Å². The van der Waals surface area contributed by atoms with Gasteiger partial charge in [0.1, 0.15) is 14.8 Å². The van der Waals surface area contributed by atoms with Crippen molar-refractivity contribution in [1.82, 2.24) is 0 Å². The number of benzene rings is 3. The molecule has 2 saturated heterocycles. The molecule has 3 atom stereocenters. The van der Waals surface area contributed by atoms with Gasteiger partial charge in [-0.3, -0.25) is 4.99 Å². The van der Waals surface area contributed by atoms with E-state index in [1.807, 2.05) is 23.5 Å². The highest BCUT2D eigenvalue weighted by Crippen LogP contribution is 2.73. The Kier molecular flexibility index (Phi) is 4.58. The minimum absolute atomic E-state index is 0.0877. The number of para-hydroxylation sites is 1. The molecule has 0 unspecified atom stereocenters. The van der Waals surface area contributed by atoms with Gasteiger partial charge in [0.15, 0.2) is 0 Å². The molecule has 32 heavy (non-hydrogen) atoms. The zero-order chi connectivity index (χ0) is 22.0. The van der Waals surface area contributed by atoms with Crippen LogP contribution in [0.4, 0.5) is 5.69 Å². The van der Waals surface area contributed by atoms with Crippen LogP contribution in [0.1, 0.15) is 38.3 Å². The highest BCUT2D eigenvalue weighted by molar-refractivity contribution is 8.27. The summed E-state index contributed by atoms with van der Waals surface area (Å²) >= 11 is 4.04. The normalized spacial score (nSPS) is 29.4. The van der Waals surface area contributed by atoms with Crippen LogP contribution in [-0.4, -0.2) is 14.8 Å². The summed E-state index contributed by atoms with van der Waals surface area (Å²) in [5.74, 6) is 0.548. The minimum atomic E-state index is -0.210. The van der Waals surface area contributed by atoms with E-state index in [0.717, 1.165) is 12.8 Å². The standard InChI is InChI=1S/C28H28N2S2/c1-26(2,3)29-25-27(21-13-6-4-7-14-21)19-22-18-20-12-10-11-17-24(20)30(27)28(22,32-25)31-23-15-8-5-9-16-23/h4-17,22H,18-19H2,1-3H3/t22-,27+,28+/m0/s1. The molecule has 3 aliphatic rings. The third-order valence-electron chi connectivity index (χ3n) is 6.74. The number of hydrogen-bond donors (Lipinski definition) is 0. The summed E-state index contributed by atoms with van der Waals surface area (Å²) < 4.78 is -0.0877. The van der Waals surface area contributed by atoms with E-state index in [1.165, 1.54) is 26.8 Å². The van der Waals surface area contributed by atoms with E-state index >= 15 is 0 Å². The number of hydrogen-bond acceptors (Lipinski definition) is 4. The summed E-state index contributed by atoms with van der Waals surface area (Å²) in [6, 6.07) is 31.1. The van der Waals surface area contributed by atoms with Crippen LogP contribution in [0.5, 0.6) is 0 Å². The number of nitrogens with zero attached hydrogens (tertiary/aromatic N) is 2.